The van der Waals surface area contributed by atoms with Crippen molar-refractivity contribution < 1.29 is 0 Å². The molecule has 0 aliphatic rings. The number of halogens is 2. The molecule has 72 valence electrons. The van der Waals surface area contributed by atoms with E-state index in [9.17, 15) is 0 Å². The van der Waals surface area contributed by atoms with E-state index < -0.39 is 0 Å². The lowest BCUT2D eigenvalue weighted by Gasteiger charge is -2.08. The predicted octanol–water partition coefficient (Wildman–Crippen LogP) is 4.87. The third kappa shape index (κ3) is 1.55. The Hall–Kier alpha value is -0.530. The molecule has 0 amide bonds. The summed E-state index contributed by atoms with van der Waals surface area (Å²) in [5.74, 6) is 0. The first-order chi connectivity index (χ1) is 6.59. The Labute approximate surface area is 97.0 Å². The first-order valence-corrected chi connectivity index (χ1v) is 5.61. The quantitative estimate of drug-likeness (QED) is 0.640. The molecule has 0 N–H and O–H groups in total. The van der Waals surface area contributed by atoms with Gasteiger partial charge in [-0.1, -0.05) is 39.7 Å². The number of fused-ring (bicyclic) bond motifs is 1. The van der Waals surface area contributed by atoms with Gasteiger partial charge in [-0.05, 0) is 47.9 Å². The molecule has 0 unspecified atom stereocenters. The molecule has 2 aromatic carbocycles. The van der Waals surface area contributed by atoms with Crippen LogP contribution in [0, 0.1) is 13.8 Å². The minimum atomic E-state index is 0.790. The number of aryl methyl sites for hydroxylation is 2. The lowest BCUT2D eigenvalue weighted by molar-refractivity contribution is 1.38. The number of benzene rings is 2. The van der Waals surface area contributed by atoms with E-state index in [4.69, 9.17) is 11.6 Å². The number of hydrogen-bond donors (Lipinski definition) is 0. The summed E-state index contributed by atoms with van der Waals surface area (Å²) in [4.78, 5) is 0. The van der Waals surface area contributed by atoms with Crippen LogP contribution < -0.4 is 0 Å². The summed E-state index contributed by atoms with van der Waals surface area (Å²) in [5, 5.41) is 3.25. The number of hydrogen-bond acceptors (Lipinski definition) is 0. The van der Waals surface area contributed by atoms with Crippen LogP contribution in [0.5, 0.6) is 0 Å². The van der Waals surface area contributed by atoms with Gasteiger partial charge in [0.25, 0.3) is 0 Å². The zero-order chi connectivity index (χ0) is 10.3. The van der Waals surface area contributed by atoms with Crippen molar-refractivity contribution in [2.45, 2.75) is 13.8 Å². The molecule has 0 aromatic heterocycles. The van der Waals surface area contributed by atoms with Crippen molar-refractivity contribution >= 4 is 38.3 Å². The second-order valence-electron chi connectivity index (χ2n) is 3.50. The van der Waals surface area contributed by atoms with E-state index in [-0.39, 0.29) is 0 Å². The molecule has 0 spiro atoms. The van der Waals surface area contributed by atoms with E-state index >= 15 is 0 Å². The van der Waals surface area contributed by atoms with Gasteiger partial charge in [-0.3, -0.25) is 0 Å². The lowest BCUT2D eigenvalue weighted by Crippen LogP contribution is -1.85. The predicted molar refractivity (Wildman–Crippen MR) is 66.1 cm³/mol. The fraction of sp³-hybridized carbons (Fsp3) is 0.167. The van der Waals surface area contributed by atoms with E-state index in [1.54, 1.807) is 0 Å². The van der Waals surface area contributed by atoms with Crippen molar-refractivity contribution in [3.8, 4) is 0 Å². The maximum Gasteiger partial charge on any atom is 0.0412 e. The number of rotatable bonds is 0. The van der Waals surface area contributed by atoms with E-state index in [1.807, 2.05) is 12.1 Å². The van der Waals surface area contributed by atoms with Crippen LogP contribution in [-0.2, 0) is 0 Å². The molecule has 0 atom stereocenters. The molecular formula is C12H10BrCl. The van der Waals surface area contributed by atoms with Crippen molar-refractivity contribution in [3.05, 3.63) is 44.9 Å². The fourth-order valence-corrected chi connectivity index (χ4v) is 2.21. The molecule has 0 heterocycles. The highest BCUT2D eigenvalue weighted by Crippen LogP contribution is 2.30. The second-order valence-corrected chi connectivity index (χ2v) is 4.73. The molecule has 0 saturated heterocycles. The smallest absolute Gasteiger partial charge is 0.0412 e. The molecular weight excluding hydrogens is 259 g/mol. The highest BCUT2D eigenvalue weighted by atomic mass is 79.9. The van der Waals surface area contributed by atoms with Crippen LogP contribution in [0.4, 0.5) is 0 Å². The van der Waals surface area contributed by atoms with Crippen LogP contribution >= 0.6 is 27.5 Å². The monoisotopic (exact) mass is 268 g/mol. The Bertz CT molecular complexity index is 503. The normalized spacial score (nSPS) is 10.9. The first-order valence-electron chi connectivity index (χ1n) is 4.44. The zero-order valence-electron chi connectivity index (χ0n) is 8.07. The minimum absolute atomic E-state index is 0.790. The van der Waals surface area contributed by atoms with Crippen LogP contribution in [0.15, 0.2) is 28.7 Å². The van der Waals surface area contributed by atoms with E-state index in [1.165, 1.54) is 26.4 Å². The fourth-order valence-electron chi connectivity index (χ4n) is 1.71. The Morgan fingerprint density at radius 3 is 2.57 bits per heavy atom. The van der Waals surface area contributed by atoms with Crippen LogP contribution in [0.1, 0.15) is 11.1 Å². The highest BCUT2D eigenvalue weighted by Gasteiger charge is 2.04. The Balaban J connectivity index is 2.91. The molecule has 14 heavy (non-hydrogen) atoms. The molecule has 0 saturated carbocycles. The summed E-state index contributed by atoms with van der Waals surface area (Å²) in [6.07, 6.45) is 0. The summed E-state index contributed by atoms with van der Waals surface area (Å²) in [6.45, 7) is 4.21. The van der Waals surface area contributed by atoms with Crippen molar-refractivity contribution in [1.82, 2.24) is 0 Å². The summed E-state index contributed by atoms with van der Waals surface area (Å²) >= 11 is 9.54. The molecule has 0 aliphatic carbocycles. The lowest BCUT2D eigenvalue weighted by atomic mass is 10.0. The van der Waals surface area contributed by atoms with Crippen LogP contribution in [0.3, 0.4) is 0 Å². The summed E-state index contributed by atoms with van der Waals surface area (Å²) in [7, 11) is 0. The summed E-state index contributed by atoms with van der Waals surface area (Å²) in [6, 6.07) is 8.15. The average Bonchev–Trinajstić information content (AvgIpc) is 2.14. The third-order valence-corrected chi connectivity index (χ3v) is 3.92. The van der Waals surface area contributed by atoms with Gasteiger partial charge >= 0.3 is 0 Å². The molecule has 2 heteroatoms. The maximum absolute atomic E-state index is 5.95. The molecule has 0 nitrogen and oxygen atoms in total. The SMILES string of the molecule is Cc1cc2cc(Cl)ccc2c(C)c1Br. The minimum Gasteiger partial charge on any atom is -0.0843 e. The third-order valence-electron chi connectivity index (χ3n) is 2.47. The van der Waals surface area contributed by atoms with Crippen LogP contribution in [0.25, 0.3) is 10.8 Å². The van der Waals surface area contributed by atoms with Crippen molar-refractivity contribution in [2.75, 3.05) is 0 Å². The molecule has 0 radical (unpaired) electrons. The average molecular weight is 270 g/mol. The van der Waals surface area contributed by atoms with Crippen LogP contribution in [-0.4, -0.2) is 0 Å². The van der Waals surface area contributed by atoms with E-state index in [2.05, 4.69) is 41.9 Å². The summed E-state index contributed by atoms with van der Waals surface area (Å²) in [5.41, 5.74) is 2.52. The van der Waals surface area contributed by atoms with Crippen molar-refractivity contribution in [1.29, 1.82) is 0 Å². The van der Waals surface area contributed by atoms with Gasteiger partial charge in [-0.15, -0.1) is 0 Å². The van der Waals surface area contributed by atoms with E-state index in [0.29, 0.717) is 0 Å². The topological polar surface area (TPSA) is 0 Å². The van der Waals surface area contributed by atoms with Gasteiger partial charge in [0, 0.05) is 9.50 Å². The largest absolute Gasteiger partial charge is 0.0843 e. The highest BCUT2D eigenvalue weighted by molar-refractivity contribution is 9.10. The molecule has 2 rings (SSSR count). The van der Waals surface area contributed by atoms with Crippen LogP contribution in [0.2, 0.25) is 5.02 Å². The molecule has 2 aromatic rings. The Morgan fingerprint density at radius 1 is 1.14 bits per heavy atom. The molecule has 0 aliphatic heterocycles. The van der Waals surface area contributed by atoms with Gasteiger partial charge in [0.05, 0.1) is 0 Å². The van der Waals surface area contributed by atoms with Gasteiger partial charge in [0.2, 0.25) is 0 Å². The standard InChI is InChI=1S/C12H10BrCl/c1-7-5-9-6-10(14)3-4-11(9)8(2)12(7)13/h3-6H,1-2H3. The zero-order valence-corrected chi connectivity index (χ0v) is 10.4. The van der Waals surface area contributed by atoms with Crippen molar-refractivity contribution in [2.24, 2.45) is 0 Å². The maximum atomic E-state index is 5.95. The van der Waals surface area contributed by atoms with Crippen molar-refractivity contribution in [3.63, 3.8) is 0 Å². The molecule has 0 bridgehead atoms. The van der Waals surface area contributed by atoms with Gasteiger partial charge in [0.1, 0.15) is 0 Å². The van der Waals surface area contributed by atoms with Gasteiger partial charge in [-0.25, -0.2) is 0 Å². The van der Waals surface area contributed by atoms with E-state index in [0.717, 1.165) is 5.02 Å². The molecule has 0 fully saturated rings. The Kier molecular flexibility index (Phi) is 2.54. The van der Waals surface area contributed by atoms with Gasteiger partial charge in [0.15, 0.2) is 0 Å². The second kappa shape index (κ2) is 3.56. The van der Waals surface area contributed by atoms with Gasteiger partial charge < -0.3 is 0 Å². The summed E-state index contributed by atoms with van der Waals surface area (Å²) < 4.78 is 1.19. The Morgan fingerprint density at radius 2 is 1.86 bits per heavy atom. The van der Waals surface area contributed by atoms with Gasteiger partial charge in [-0.2, -0.15) is 0 Å². The first kappa shape index (κ1) is 10.0.